The molecular weight excluding hydrogens is 302 g/mol. The summed E-state index contributed by atoms with van der Waals surface area (Å²) in [7, 11) is 0. The lowest BCUT2D eigenvalue weighted by Gasteiger charge is -2.35. The number of aryl methyl sites for hydroxylation is 1. The first kappa shape index (κ1) is 18.9. The van der Waals surface area contributed by atoms with E-state index in [1.165, 1.54) is 11.1 Å². The molecule has 1 fully saturated rings. The van der Waals surface area contributed by atoms with Gasteiger partial charge in [-0.2, -0.15) is 0 Å². The van der Waals surface area contributed by atoms with Gasteiger partial charge in [0.05, 0.1) is 25.3 Å². The Balaban J connectivity index is 2.07. The lowest BCUT2D eigenvalue weighted by atomic mass is 9.98. The number of hydrogen-bond acceptors (Lipinski definition) is 4. The average Bonchev–Trinajstić information content (AvgIpc) is 2.61. The molecule has 134 valence electrons. The predicted octanol–water partition coefficient (Wildman–Crippen LogP) is 1.86. The van der Waals surface area contributed by atoms with E-state index in [0.717, 1.165) is 32.7 Å². The van der Waals surface area contributed by atoms with Gasteiger partial charge in [-0.3, -0.25) is 9.69 Å². The highest BCUT2D eigenvalue weighted by Gasteiger charge is 2.25. The molecule has 0 bridgehead atoms. The van der Waals surface area contributed by atoms with Crippen LogP contribution in [-0.2, 0) is 9.53 Å². The van der Waals surface area contributed by atoms with E-state index in [1.807, 2.05) is 6.92 Å². The van der Waals surface area contributed by atoms with Crippen LogP contribution in [0.5, 0.6) is 0 Å². The van der Waals surface area contributed by atoms with Crippen LogP contribution in [-0.4, -0.2) is 49.7 Å². The largest absolute Gasteiger partial charge is 0.379 e. The first-order valence-corrected chi connectivity index (χ1v) is 8.94. The maximum atomic E-state index is 12.3. The molecule has 1 aromatic carbocycles. The minimum atomic E-state index is -0.446. The molecule has 5 nitrogen and oxygen atoms in total. The second kappa shape index (κ2) is 9.16. The molecule has 3 unspecified atom stereocenters. The summed E-state index contributed by atoms with van der Waals surface area (Å²) < 4.78 is 5.47. The van der Waals surface area contributed by atoms with Crippen molar-refractivity contribution >= 4 is 5.91 Å². The zero-order chi connectivity index (χ0) is 17.5. The van der Waals surface area contributed by atoms with Crippen molar-refractivity contribution in [2.45, 2.75) is 39.3 Å². The van der Waals surface area contributed by atoms with Gasteiger partial charge in [0.1, 0.15) is 0 Å². The molecule has 0 saturated carbocycles. The van der Waals surface area contributed by atoms with Crippen LogP contribution in [0.3, 0.4) is 0 Å². The predicted molar refractivity (Wildman–Crippen MR) is 96.8 cm³/mol. The van der Waals surface area contributed by atoms with Crippen LogP contribution < -0.4 is 11.1 Å². The third-order valence-corrected chi connectivity index (χ3v) is 4.94. The SMILES string of the molecule is CCC(C)C(N)C(=O)NCC(c1cccc(C)c1)N1CCOCC1. The molecule has 2 rings (SSSR count). The highest BCUT2D eigenvalue weighted by molar-refractivity contribution is 5.81. The number of rotatable bonds is 7. The normalized spacial score (nSPS) is 19.5. The zero-order valence-corrected chi connectivity index (χ0v) is 15.1. The first-order valence-electron chi connectivity index (χ1n) is 8.94. The van der Waals surface area contributed by atoms with Gasteiger partial charge in [-0.1, -0.05) is 50.1 Å². The summed E-state index contributed by atoms with van der Waals surface area (Å²) in [5.74, 6) is 0.126. The Bertz CT molecular complexity index is 529. The molecular formula is C19H31N3O2. The molecule has 0 radical (unpaired) electrons. The van der Waals surface area contributed by atoms with Crippen molar-refractivity contribution in [3.8, 4) is 0 Å². The van der Waals surface area contributed by atoms with Gasteiger partial charge in [-0.15, -0.1) is 0 Å². The van der Waals surface area contributed by atoms with Crippen molar-refractivity contribution in [3.05, 3.63) is 35.4 Å². The van der Waals surface area contributed by atoms with Crippen molar-refractivity contribution in [2.24, 2.45) is 11.7 Å². The minimum absolute atomic E-state index is 0.0599. The van der Waals surface area contributed by atoms with Crippen LogP contribution in [0, 0.1) is 12.8 Å². The summed E-state index contributed by atoms with van der Waals surface area (Å²) in [6.07, 6.45) is 0.902. The van der Waals surface area contributed by atoms with E-state index in [9.17, 15) is 4.79 Å². The Morgan fingerprint density at radius 2 is 2.08 bits per heavy atom. The number of carbonyl (C=O) groups is 1. The number of benzene rings is 1. The van der Waals surface area contributed by atoms with Gasteiger partial charge in [-0.25, -0.2) is 0 Å². The molecule has 0 spiro atoms. The van der Waals surface area contributed by atoms with Gasteiger partial charge in [0.25, 0.3) is 0 Å². The molecule has 0 aliphatic carbocycles. The second-order valence-corrected chi connectivity index (χ2v) is 6.73. The number of ether oxygens (including phenoxy) is 1. The average molecular weight is 333 g/mol. The molecule has 1 aromatic rings. The molecule has 1 heterocycles. The highest BCUT2D eigenvalue weighted by atomic mass is 16.5. The molecule has 5 heteroatoms. The topological polar surface area (TPSA) is 67.6 Å². The molecule has 0 aromatic heterocycles. The number of nitrogens with zero attached hydrogens (tertiary/aromatic N) is 1. The quantitative estimate of drug-likeness (QED) is 0.799. The monoisotopic (exact) mass is 333 g/mol. The van der Waals surface area contributed by atoms with Gasteiger partial charge in [-0.05, 0) is 18.4 Å². The van der Waals surface area contributed by atoms with Gasteiger partial charge in [0.15, 0.2) is 0 Å². The summed E-state index contributed by atoms with van der Waals surface area (Å²) in [4.78, 5) is 14.7. The molecule has 1 saturated heterocycles. The third kappa shape index (κ3) is 5.03. The lowest BCUT2D eigenvalue weighted by Crippen LogP contribution is -2.48. The lowest BCUT2D eigenvalue weighted by molar-refractivity contribution is -0.123. The van der Waals surface area contributed by atoms with Gasteiger partial charge in [0, 0.05) is 19.6 Å². The Kier molecular flexibility index (Phi) is 7.21. The summed E-state index contributed by atoms with van der Waals surface area (Å²) in [5, 5.41) is 3.07. The summed E-state index contributed by atoms with van der Waals surface area (Å²) in [6, 6.07) is 8.20. The van der Waals surface area contributed by atoms with Gasteiger partial charge < -0.3 is 15.8 Å². The number of nitrogens with two attached hydrogens (primary N) is 1. The van der Waals surface area contributed by atoms with E-state index in [1.54, 1.807) is 0 Å². The van der Waals surface area contributed by atoms with Crippen molar-refractivity contribution < 1.29 is 9.53 Å². The fraction of sp³-hybridized carbons (Fsp3) is 0.632. The molecule has 1 aliphatic rings. The maximum Gasteiger partial charge on any atom is 0.237 e. The standard InChI is InChI=1S/C19H31N3O2/c1-4-15(3)18(20)19(23)21-13-17(22-8-10-24-11-9-22)16-7-5-6-14(2)12-16/h5-7,12,15,17-18H,4,8-11,13,20H2,1-3H3,(H,21,23). The first-order chi connectivity index (χ1) is 11.5. The maximum absolute atomic E-state index is 12.3. The minimum Gasteiger partial charge on any atom is -0.379 e. The Labute approximate surface area is 145 Å². The number of nitrogens with one attached hydrogen (secondary N) is 1. The van der Waals surface area contributed by atoms with Crippen molar-refractivity contribution in [1.82, 2.24) is 10.2 Å². The Morgan fingerprint density at radius 1 is 1.38 bits per heavy atom. The van der Waals surface area contributed by atoms with E-state index in [-0.39, 0.29) is 17.9 Å². The summed E-state index contributed by atoms with van der Waals surface area (Å²) >= 11 is 0. The van der Waals surface area contributed by atoms with E-state index < -0.39 is 6.04 Å². The molecule has 1 amide bonds. The number of carbonyl (C=O) groups excluding carboxylic acids is 1. The number of hydrogen-bond donors (Lipinski definition) is 2. The highest BCUT2D eigenvalue weighted by Crippen LogP contribution is 2.22. The van der Waals surface area contributed by atoms with Crippen LogP contribution >= 0.6 is 0 Å². The van der Waals surface area contributed by atoms with Crippen molar-refractivity contribution in [3.63, 3.8) is 0 Å². The van der Waals surface area contributed by atoms with Crippen molar-refractivity contribution in [1.29, 1.82) is 0 Å². The van der Waals surface area contributed by atoms with E-state index >= 15 is 0 Å². The van der Waals surface area contributed by atoms with Crippen LogP contribution in [0.1, 0.15) is 37.4 Å². The van der Waals surface area contributed by atoms with Crippen LogP contribution in [0.25, 0.3) is 0 Å². The molecule has 24 heavy (non-hydrogen) atoms. The summed E-state index contributed by atoms with van der Waals surface area (Å²) in [5.41, 5.74) is 8.51. The fourth-order valence-corrected chi connectivity index (χ4v) is 3.05. The summed E-state index contributed by atoms with van der Waals surface area (Å²) in [6.45, 7) is 9.98. The second-order valence-electron chi connectivity index (χ2n) is 6.73. The number of morpholine rings is 1. The van der Waals surface area contributed by atoms with Crippen LogP contribution in [0.15, 0.2) is 24.3 Å². The van der Waals surface area contributed by atoms with E-state index in [2.05, 4.69) is 48.3 Å². The molecule has 3 N–H and O–H groups in total. The Morgan fingerprint density at radius 3 is 2.71 bits per heavy atom. The van der Waals surface area contributed by atoms with E-state index in [4.69, 9.17) is 10.5 Å². The van der Waals surface area contributed by atoms with Gasteiger partial charge >= 0.3 is 0 Å². The van der Waals surface area contributed by atoms with E-state index in [0.29, 0.717) is 6.54 Å². The van der Waals surface area contributed by atoms with Crippen LogP contribution in [0.4, 0.5) is 0 Å². The van der Waals surface area contributed by atoms with Crippen molar-refractivity contribution in [2.75, 3.05) is 32.8 Å². The Hall–Kier alpha value is -1.43. The zero-order valence-electron chi connectivity index (χ0n) is 15.1. The smallest absolute Gasteiger partial charge is 0.237 e. The number of amides is 1. The molecule has 1 aliphatic heterocycles. The van der Waals surface area contributed by atoms with Gasteiger partial charge in [0.2, 0.25) is 5.91 Å². The van der Waals surface area contributed by atoms with Crippen LogP contribution in [0.2, 0.25) is 0 Å². The fourth-order valence-electron chi connectivity index (χ4n) is 3.05. The third-order valence-electron chi connectivity index (χ3n) is 4.94. The molecule has 3 atom stereocenters.